The van der Waals surface area contributed by atoms with Gasteiger partial charge in [0.25, 0.3) is 0 Å². The van der Waals surface area contributed by atoms with Crippen molar-refractivity contribution < 1.29 is 0 Å². The number of nitrogen functional groups attached to an aromatic ring is 1. The summed E-state index contributed by atoms with van der Waals surface area (Å²) in [7, 11) is 0. The molecule has 6 nitrogen and oxygen atoms in total. The largest absolute Gasteiger partial charge is 0.385 e. The van der Waals surface area contributed by atoms with Gasteiger partial charge >= 0.3 is 5.69 Å². The lowest BCUT2D eigenvalue weighted by Crippen LogP contribution is -2.18. The monoisotopic (exact) mass is 151 g/mol. The van der Waals surface area contributed by atoms with Crippen LogP contribution in [0.2, 0.25) is 0 Å². The lowest BCUT2D eigenvalue weighted by atomic mass is 10.6. The average Bonchev–Trinajstić information content (AvgIpc) is 2.34. The molecule has 0 amide bonds. The van der Waals surface area contributed by atoms with E-state index in [1.54, 1.807) is 0 Å². The summed E-state index contributed by atoms with van der Waals surface area (Å²) < 4.78 is 1.14. The molecule has 3 N–H and O–H groups in total. The van der Waals surface area contributed by atoms with Gasteiger partial charge in [0.15, 0.2) is 5.65 Å². The molecule has 56 valence electrons. The van der Waals surface area contributed by atoms with E-state index in [-0.39, 0.29) is 11.5 Å². The Labute approximate surface area is 60.7 Å². The highest BCUT2D eigenvalue weighted by Gasteiger charge is 1.98. The topological polar surface area (TPSA) is 89.1 Å². The number of anilines is 1. The van der Waals surface area contributed by atoms with E-state index in [2.05, 4.69) is 15.1 Å². The molecule has 0 aliphatic carbocycles. The first-order valence-electron chi connectivity index (χ1n) is 2.96. The molecule has 0 fully saturated rings. The predicted octanol–water partition coefficient (Wildman–Crippen LogP) is -1.00. The Balaban J connectivity index is 3.02. The number of nitrogens with one attached hydrogen (secondary N) is 1. The second kappa shape index (κ2) is 1.82. The molecule has 2 rings (SSSR count). The van der Waals surface area contributed by atoms with Gasteiger partial charge in [-0.1, -0.05) is 0 Å². The van der Waals surface area contributed by atoms with E-state index in [0.717, 1.165) is 4.52 Å². The van der Waals surface area contributed by atoms with Crippen molar-refractivity contribution in [3.8, 4) is 0 Å². The first-order valence-corrected chi connectivity index (χ1v) is 2.96. The van der Waals surface area contributed by atoms with Crippen LogP contribution in [0.4, 0.5) is 5.82 Å². The number of rotatable bonds is 0. The standard InChI is InChI=1S/C5H5N5O/c6-3-1-4-7-2-8-10(4)5(11)9-3/h1-2H,6H2,(H,9,11). The van der Waals surface area contributed by atoms with Crippen LogP contribution >= 0.6 is 0 Å². The van der Waals surface area contributed by atoms with Crippen LogP contribution in [0.1, 0.15) is 0 Å². The Morgan fingerprint density at radius 3 is 3.27 bits per heavy atom. The molecule has 6 heteroatoms. The highest BCUT2D eigenvalue weighted by Crippen LogP contribution is 1.96. The lowest BCUT2D eigenvalue weighted by molar-refractivity contribution is 0.871. The summed E-state index contributed by atoms with van der Waals surface area (Å²) in [6, 6.07) is 1.54. The fraction of sp³-hybridized carbons (Fsp3) is 0. The third-order valence-electron chi connectivity index (χ3n) is 1.30. The Kier molecular flexibility index (Phi) is 0.974. The molecule has 0 atom stereocenters. The summed E-state index contributed by atoms with van der Waals surface area (Å²) in [5.74, 6) is 0.288. The van der Waals surface area contributed by atoms with Gasteiger partial charge in [-0.25, -0.2) is 9.78 Å². The quantitative estimate of drug-likeness (QED) is 0.505. The summed E-state index contributed by atoms with van der Waals surface area (Å²) in [4.78, 5) is 17.2. The smallest absolute Gasteiger partial charge is 0.349 e. The minimum absolute atomic E-state index is 0.288. The second-order valence-corrected chi connectivity index (χ2v) is 2.06. The van der Waals surface area contributed by atoms with Crippen molar-refractivity contribution in [3.63, 3.8) is 0 Å². The van der Waals surface area contributed by atoms with Gasteiger partial charge in [0, 0.05) is 6.07 Å². The molecule has 0 saturated carbocycles. The summed E-state index contributed by atoms with van der Waals surface area (Å²) in [6.07, 6.45) is 1.30. The molecule has 0 aliphatic heterocycles. The second-order valence-electron chi connectivity index (χ2n) is 2.06. The maximum Gasteiger partial charge on any atom is 0.349 e. The van der Waals surface area contributed by atoms with Crippen molar-refractivity contribution in [1.29, 1.82) is 0 Å². The third-order valence-corrected chi connectivity index (χ3v) is 1.30. The van der Waals surface area contributed by atoms with Gasteiger partial charge < -0.3 is 5.73 Å². The van der Waals surface area contributed by atoms with Crippen molar-refractivity contribution in [1.82, 2.24) is 19.6 Å². The SMILES string of the molecule is Nc1cc2ncnn2c(=O)[nH]1. The number of fused-ring (bicyclic) bond motifs is 1. The molecule has 0 bridgehead atoms. The lowest BCUT2D eigenvalue weighted by Gasteiger charge is -1.91. The van der Waals surface area contributed by atoms with E-state index in [1.807, 2.05) is 0 Å². The summed E-state index contributed by atoms with van der Waals surface area (Å²) in [5, 5.41) is 3.67. The van der Waals surface area contributed by atoms with Crippen molar-refractivity contribution >= 4 is 11.5 Å². The minimum Gasteiger partial charge on any atom is -0.385 e. The Bertz CT molecular complexity index is 441. The van der Waals surface area contributed by atoms with Gasteiger partial charge in [0.05, 0.1) is 0 Å². The van der Waals surface area contributed by atoms with Gasteiger partial charge in [-0.2, -0.15) is 9.61 Å². The van der Waals surface area contributed by atoms with Crippen molar-refractivity contribution in [2.24, 2.45) is 0 Å². The number of hydrogen-bond acceptors (Lipinski definition) is 4. The van der Waals surface area contributed by atoms with E-state index < -0.39 is 0 Å². The van der Waals surface area contributed by atoms with Gasteiger partial charge in [-0.05, 0) is 0 Å². The minimum atomic E-state index is -0.377. The van der Waals surface area contributed by atoms with Gasteiger partial charge in [-0.15, -0.1) is 0 Å². The number of nitrogens with zero attached hydrogens (tertiary/aromatic N) is 3. The molecule has 0 spiro atoms. The van der Waals surface area contributed by atoms with Crippen LogP contribution in [0.25, 0.3) is 5.65 Å². The number of nitrogens with two attached hydrogens (primary N) is 1. The maximum absolute atomic E-state index is 11.0. The summed E-state index contributed by atoms with van der Waals surface area (Å²) in [5.41, 5.74) is 5.42. The molecule has 11 heavy (non-hydrogen) atoms. The molecule has 2 aromatic heterocycles. The Morgan fingerprint density at radius 1 is 1.64 bits per heavy atom. The van der Waals surface area contributed by atoms with Crippen LogP contribution in [0.3, 0.4) is 0 Å². The first-order chi connectivity index (χ1) is 5.27. The van der Waals surface area contributed by atoms with E-state index in [4.69, 9.17) is 5.73 Å². The number of aromatic amines is 1. The summed E-state index contributed by atoms with van der Waals surface area (Å²) in [6.45, 7) is 0. The summed E-state index contributed by atoms with van der Waals surface area (Å²) >= 11 is 0. The molecule has 2 aromatic rings. The molecular weight excluding hydrogens is 146 g/mol. The van der Waals surface area contributed by atoms with Crippen LogP contribution in [0.5, 0.6) is 0 Å². The van der Waals surface area contributed by atoms with Gasteiger partial charge in [0.1, 0.15) is 12.1 Å². The van der Waals surface area contributed by atoms with Crippen LogP contribution in [0, 0.1) is 0 Å². The normalized spacial score (nSPS) is 10.5. The highest BCUT2D eigenvalue weighted by atomic mass is 16.1. The van der Waals surface area contributed by atoms with Crippen LogP contribution < -0.4 is 11.4 Å². The first kappa shape index (κ1) is 5.90. The Hall–Kier alpha value is -1.85. The zero-order valence-corrected chi connectivity index (χ0v) is 5.48. The zero-order chi connectivity index (χ0) is 7.84. The fourth-order valence-electron chi connectivity index (χ4n) is 0.857. The number of hydrogen-bond donors (Lipinski definition) is 2. The average molecular weight is 151 g/mol. The maximum atomic E-state index is 11.0. The predicted molar refractivity (Wildman–Crippen MR) is 38.0 cm³/mol. The van der Waals surface area contributed by atoms with E-state index in [0.29, 0.717) is 5.65 Å². The van der Waals surface area contributed by atoms with Crippen LogP contribution in [0.15, 0.2) is 17.2 Å². The molecule has 0 unspecified atom stereocenters. The van der Waals surface area contributed by atoms with Gasteiger partial charge in [-0.3, -0.25) is 4.98 Å². The zero-order valence-electron chi connectivity index (χ0n) is 5.48. The third kappa shape index (κ3) is 0.759. The fourth-order valence-corrected chi connectivity index (χ4v) is 0.857. The van der Waals surface area contributed by atoms with Crippen molar-refractivity contribution in [2.75, 3.05) is 5.73 Å². The molecule has 0 aromatic carbocycles. The van der Waals surface area contributed by atoms with E-state index in [1.165, 1.54) is 12.4 Å². The molecule has 2 heterocycles. The van der Waals surface area contributed by atoms with Crippen LogP contribution in [-0.2, 0) is 0 Å². The molecular formula is C5H5N5O. The molecule has 0 radical (unpaired) electrons. The van der Waals surface area contributed by atoms with Crippen molar-refractivity contribution in [2.45, 2.75) is 0 Å². The van der Waals surface area contributed by atoms with Gasteiger partial charge in [0.2, 0.25) is 0 Å². The number of aromatic nitrogens is 4. The molecule has 0 saturated heterocycles. The number of H-pyrrole nitrogens is 1. The van der Waals surface area contributed by atoms with E-state index in [9.17, 15) is 4.79 Å². The van der Waals surface area contributed by atoms with Crippen LogP contribution in [-0.4, -0.2) is 19.6 Å². The molecule has 0 aliphatic rings. The Morgan fingerprint density at radius 2 is 2.45 bits per heavy atom. The van der Waals surface area contributed by atoms with E-state index >= 15 is 0 Å². The highest BCUT2D eigenvalue weighted by molar-refractivity contribution is 5.44. The van der Waals surface area contributed by atoms with Crippen molar-refractivity contribution in [3.05, 3.63) is 22.9 Å².